The average molecular weight is 250 g/mol. The van der Waals surface area contributed by atoms with Crippen LogP contribution in [0.1, 0.15) is 35.4 Å². The molecule has 0 saturated heterocycles. The van der Waals surface area contributed by atoms with Crippen LogP contribution in [0.5, 0.6) is 0 Å². The summed E-state index contributed by atoms with van der Waals surface area (Å²) < 4.78 is 5.63. The van der Waals surface area contributed by atoms with Gasteiger partial charge in [-0.25, -0.2) is 0 Å². The van der Waals surface area contributed by atoms with Crippen molar-refractivity contribution in [2.24, 2.45) is 5.92 Å². The average Bonchev–Trinajstić information content (AvgIpc) is 3.05. The van der Waals surface area contributed by atoms with E-state index in [1.807, 2.05) is 6.07 Å². The van der Waals surface area contributed by atoms with Crippen molar-refractivity contribution in [2.75, 3.05) is 13.2 Å². The zero-order valence-corrected chi connectivity index (χ0v) is 10.8. The van der Waals surface area contributed by atoms with Gasteiger partial charge in [0.15, 0.2) is 0 Å². The first-order valence-electron chi connectivity index (χ1n) is 6.14. The topological polar surface area (TPSA) is 29.5 Å². The Labute approximate surface area is 107 Å². The van der Waals surface area contributed by atoms with Gasteiger partial charge in [-0.3, -0.25) is 0 Å². The Morgan fingerprint density at radius 3 is 3.06 bits per heavy atom. The zero-order valence-electron chi connectivity index (χ0n) is 9.95. The molecule has 0 unspecified atom stereocenters. The van der Waals surface area contributed by atoms with Gasteiger partial charge in [0, 0.05) is 17.9 Å². The van der Waals surface area contributed by atoms with E-state index in [1.165, 1.54) is 24.1 Å². The highest BCUT2D eigenvalue weighted by atomic mass is 32.1. The molecule has 0 aliphatic heterocycles. The summed E-state index contributed by atoms with van der Waals surface area (Å²) in [5.41, 5.74) is 0. The monoisotopic (exact) mass is 250 g/mol. The van der Waals surface area contributed by atoms with E-state index in [2.05, 4.69) is 17.9 Å². The van der Waals surface area contributed by atoms with Crippen LogP contribution < -0.4 is 0 Å². The summed E-state index contributed by atoms with van der Waals surface area (Å²) in [4.78, 5) is 2.29. The van der Waals surface area contributed by atoms with E-state index in [-0.39, 0.29) is 6.61 Å². The van der Waals surface area contributed by atoms with Gasteiger partial charge >= 0.3 is 0 Å². The molecule has 1 aliphatic carbocycles. The van der Waals surface area contributed by atoms with Gasteiger partial charge in [0.2, 0.25) is 0 Å². The lowest BCUT2D eigenvalue weighted by Gasteiger charge is -2.00. The SMILES string of the molecule is OCCC#Cc1ccc(COCCC2CC2)s1. The molecule has 0 aromatic carbocycles. The molecule has 2 nitrogen and oxygen atoms in total. The summed E-state index contributed by atoms with van der Waals surface area (Å²) in [7, 11) is 0. The molecule has 3 heteroatoms. The second kappa shape index (κ2) is 6.80. The third-order valence-electron chi connectivity index (χ3n) is 2.72. The van der Waals surface area contributed by atoms with Gasteiger partial charge < -0.3 is 9.84 Å². The molecule has 1 aliphatic rings. The molecule has 0 bridgehead atoms. The highest BCUT2D eigenvalue weighted by molar-refractivity contribution is 7.12. The maximum atomic E-state index is 8.62. The molecule has 0 radical (unpaired) electrons. The number of ether oxygens (including phenoxy) is 1. The molecule has 1 aromatic heterocycles. The lowest BCUT2D eigenvalue weighted by atomic mass is 10.3. The fourth-order valence-electron chi connectivity index (χ4n) is 1.56. The normalized spacial score (nSPS) is 14.4. The Morgan fingerprint density at radius 1 is 1.41 bits per heavy atom. The van der Waals surface area contributed by atoms with E-state index < -0.39 is 0 Å². The fraction of sp³-hybridized carbons (Fsp3) is 0.571. The van der Waals surface area contributed by atoms with Gasteiger partial charge in [-0.15, -0.1) is 11.3 Å². The number of hydrogen-bond donors (Lipinski definition) is 1. The maximum Gasteiger partial charge on any atom is 0.0809 e. The minimum atomic E-state index is 0.134. The standard InChI is InChI=1S/C14H18O2S/c15-9-2-1-3-13-6-7-14(17-13)11-16-10-8-12-4-5-12/h6-7,12,15H,2,4-5,8-11H2. The van der Waals surface area contributed by atoms with E-state index >= 15 is 0 Å². The Bertz CT molecular complexity index is 396. The van der Waals surface area contributed by atoms with Crippen molar-refractivity contribution >= 4 is 11.3 Å². The predicted molar refractivity (Wildman–Crippen MR) is 69.9 cm³/mol. The highest BCUT2D eigenvalue weighted by Gasteiger charge is 2.20. The van der Waals surface area contributed by atoms with Crippen LogP contribution in [-0.4, -0.2) is 18.3 Å². The van der Waals surface area contributed by atoms with Gasteiger partial charge in [0.25, 0.3) is 0 Å². The van der Waals surface area contributed by atoms with Crippen LogP contribution in [-0.2, 0) is 11.3 Å². The first-order chi connectivity index (χ1) is 8.38. The second-order valence-electron chi connectivity index (χ2n) is 4.33. The molecule has 0 atom stereocenters. The summed E-state index contributed by atoms with van der Waals surface area (Å²) in [6, 6.07) is 4.10. The lowest BCUT2D eigenvalue weighted by Crippen LogP contribution is -1.94. The molecule has 92 valence electrons. The molecule has 1 saturated carbocycles. The Hall–Kier alpha value is -0.820. The third kappa shape index (κ3) is 4.91. The summed E-state index contributed by atoms with van der Waals surface area (Å²) in [6.07, 6.45) is 4.56. The van der Waals surface area contributed by atoms with Crippen molar-refractivity contribution in [3.05, 3.63) is 21.9 Å². The first-order valence-corrected chi connectivity index (χ1v) is 6.96. The van der Waals surface area contributed by atoms with E-state index in [0.717, 1.165) is 17.4 Å². The van der Waals surface area contributed by atoms with Crippen molar-refractivity contribution in [1.82, 2.24) is 0 Å². The molecule has 1 aromatic rings. The third-order valence-corrected chi connectivity index (χ3v) is 3.70. The molecular weight excluding hydrogens is 232 g/mol. The molecular formula is C14H18O2S. The van der Waals surface area contributed by atoms with Gasteiger partial charge in [-0.2, -0.15) is 0 Å². The van der Waals surface area contributed by atoms with Crippen molar-refractivity contribution in [3.8, 4) is 11.8 Å². The van der Waals surface area contributed by atoms with Crippen molar-refractivity contribution in [3.63, 3.8) is 0 Å². The van der Waals surface area contributed by atoms with Crippen LogP contribution in [0.15, 0.2) is 12.1 Å². The summed E-state index contributed by atoms with van der Waals surface area (Å²) in [6.45, 7) is 1.72. The highest BCUT2D eigenvalue weighted by Crippen LogP contribution is 2.32. The largest absolute Gasteiger partial charge is 0.395 e. The first kappa shape index (κ1) is 12.6. The summed E-state index contributed by atoms with van der Waals surface area (Å²) in [5, 5.41) is 8.62. The van der Waals surface area contributed by atoms with Crippen LogP contribution in [0.2, 0.25) is 0 Å². The van der Waals surface area contributed by atoms with Gasteiger partial charge in [0.05, 0.1) is 18.1 Å². The van der Waals surface area contributed by atoms with Crippen LogP contribution in [0, 0.1) is 17.8 Å². The summed E-state index contributed by atoms with van der Waals surface area (Å²) in [5.74, 6) is 6.91. The minimum Gasteiger partial charge on any atom is -0.395 e. The Morgan fingerprint density at radius 2 is 2.29 bits per heavy atom. The lowest BCUT2D eigenvalue weighted by molar-refractivity contribution is 0.117. The van der Waals surface area contributed by atoms with Crippen LogP contribution in [0.3, 0.4) is 0 Å². The molecule has 2 rings (SSSR count). The molecule has 1 fully saturated rings. The van der Waals surface area contributed by atoms with E-state index in [1.54, 1.807) is 11.3 Å². The predicted octanol–water partition coefficient (Wildman–Crippen LogP) is 2.80. The smallest absolute Gasteiger partial charge is 0.0809 e. The number of rotatable bonds is 6. The Balaban J connectivity index is 1.68. The van der Waals surface area contributed by atoms with Gasteiger partial charge in [-0.1, -0.05) is 24.7 Å². The van der Waals surface area contributed by atoms with Crippen molar-refractivity contribution in [2.45, 2.75) is 32.3 Å². The van der Waals surface area contributed by atoms with Crippen LogP contribution >= 0.6 is 11.3 Å². The summed E-state index contributed by atoms with van der Waals surface area (Å²) >= 11 is 1.68. The van der Waals surface area contributed by atoms with E-state index in [9.17, 15) is 0 Å². The minimum absolute atomic E-state index is 0.134. The number of aliphatic hydroxyl groups is 1. The van der Waals surface area contributed by atoms with Crippen molar-refractivity contribution in [1.29, 1.82) is 0 Å². The number of hydrogen-bond acceptors (Lipinski definition) is 3. The number of aliphatic hydroxyl groups excluding tert-OH is 1. The van der Waals surface area contributed by atoms with Crippen LogP contribution in [0.4, 0.5) is 0 Å². The van der Waals surface area contributed by atoms with Gasteiger partial charge in [-0.05, 0) is 24.5 Å². The molecule has 17 heavy (non-hydrogen) atoms. The quantitative estimate of drug-likeness (QED) is 0.621. The van der Waals surface area contributed by atoms with Gasteiger partial charge in [0.1, 0.15) is 0 Å². The maximum absolute atomic E-state index is 8.62. The molecule has 0 amide bonds. The zero-order chi connectivity index (χ0) is 11.9. The van der Waals surface area contributed by atoms with E-state index in [4.69, 9.17) is 9.84 Å². The van der Waals surface area contributed by atoms with Crippen LogP contribution in [0.25, 0.3) is 0 Å². The molecule has 1 N–H and O–H groups in total. The fourth-order valence-corrected chi connectivity index (χ4v) is 2.38. The second-order valence-corrected chi connectivity index (χ2v) is 5.49. The number of thiophene rings is 1. The van der Waals surface area contributed by atoms with E-state index in [0.29, 0.717) is 13.0 Å². The molecule has 1 heterocycles. The molecule has 0 spiro atoms. The Kier molecular flexibility index (Phi) is 5.06. The van der Waals surface area contributed by atoms with Crippen molar-refractivity contribution < 1.29 is 9.84 Å².